The lowest BCUT2D eigenvalue weighted by Gasteiger charge is -2.12. The minimum absolute atomic E-state index is 0.275. The third kappa shape index (κ3) is 4.28. The minimum Gasteiger partial charge on any atom is -0.265 e. The predicted octanol–water partition coefficient (Wildman–Crippen LogP) is 5.88. The fourth-order valence-corrected chi connectivity index (χ4v) is 3.61. The summed E-state index contributed by atoms with van der Waals surface area (Å²) in [4.78, 5) is 17.7. The Labute approximate surface area is 185 Å². The van der Waals surface area contributed by atoms with Crippen LogP contribution in [0, 0.1) is 0 Å². The van der Waals surface area contributed by atoms with Crippen molar-refractivity contribution in [2.75, 3.05) is 0 Å². The zero-order valence-electron chi connectivity index (χ0n) is 15.2. The van der Waals surface area contributed by atoms with Gasteiger partial charge < -0.3 is 0 Å². The monoisotopic (exact) mass is 507 g/mol. The van der Waals surface area contributed by atoms with E-state index in [0.717, 1.165) is 25.6 Å². The highest BCUT2D eigenvalue weighted by atomic mass is 79.9. The SMILES string of the molecule is O=C1/C(=C\c2ccccc2Br)N=C(c2ccccc2)N1/N=C/c1ccccc1Br. The van der Waals surface area contributed by atoms with Gasteiger partial charge in [0, 0.05) is 20.1 Å². The molecule has 0 radical (unpaired) electrons. The second kappa shape index (κ2) is 8.68. The molecule has 1 heterocycles. The van der Waals surface area contributed by atoms with Crippen molar-refractivity contribution in [3.05, 3.63) is 110 Å². The first-order valence-electron chi connectivity index (χ1n) is 8.87. The van der Waals surface area contributed by atoms with Crippen LogP contribution in [-0.4, -0.2) is 23.0 Å². The van der Waals surface area contributed by atoms with Crippen LogP contribution in [0.3, 0.4) is 0 Å². The molecule has 0 bridgehead atoms. The largest absolute Gasteiger partial charge is 0.298 e. The fourth-order valence-electron chi connectivity index (χ4n) is 2.83. The van der Waals surface area contributed by atoms with Crippen LogP contribution in [0.25, 0.3) is 6.08 Å². The van der Waals surface area contributed by atoms with E-state index in [1.54, 1.807) is 12.3 Å². The van der Waals surface area contributed by atoms with Gasteiger partial charge in [-0.15, -0.1) is 0 Å². The molecular formula is C23H15Br2N3O. The number of halogens is 2. The van der Waals surface area contributed by atoms with E-state index < -0.39 is 0 Å². The number of rotatable bonds is 4. The molecule has 0 aliphatic carbocycles. The van der Waals surface area contributed by atoms with Crippen LogP contribution < -0.4 is 0 Å². The summed E-state index contributed by atoms with van der Waals surface area (Å²) in [6.45, 7) is 0. The van der Waals surface area contributed by atoms with E-state index in [2.05, 4.69) is 42.0 Å². The highest BCUT2D eigenvalue weighted by Gasteiger charge is 2.31. The van der Waals surface area contributed by atoms with Gasteiger partial charge in [-0.3, -0.25) is 4.79 Å². The molecule has 142 valence electrons. The third-order valence-electron chi connectivity index (χ3n) is 4.29. The molecular weight excluding hydrogens is 494 g/mol. The Hall–Kier alpha value is -2.83. The number of amidine groups is 1. The van der Waals surface area contributed by atoms with Gasteiger partial charge in [0.25, 0.3) is 5.91 Å². The first-order chi connectivity index (χ1) is 14.1. The molecule has 1 aliphatic rings. The summed E-state index contributed by atoms with van der Waals surface area (Å²) in [6.07, 6.45) is 3.42. The standard InChI is InChI=1S/C23H15Br2N3O/c24-19-12-6-4-10-17(19)14-21-23(29)28(22(27-21)16-8-2-1-3-9-16)26-15-18-11-5-7-13-20(18)25/h1-15H/b21-14+,26-15+. The molecule has 3 aromatic rings. The van der Waals surface area contributed by atoms with Crippen LogP contribution in [0.2, 0.25) is 0 Å². The topological polar surface area (TPSA) is 45.0 Å². The van der Waals surface area contributed by atoms with Gasteiger partial charge >= 0.3 is 0 Å². The van der Waals surface area contributed by atoms with Gasteiger partial charge in [0.15, 0.2) is 5.84 Å². The van der Waals surface area contributed by atoms with Crippen LogP contribution in [0.4, 0.5) is 0 Å². The van der Waals surface area contributed by atoms with E-state index in [9.17, 15) is 4.79 Å². The van der Waals surface area contributed by atoms with Crippen molar-refractivity contribution in [1.82, 2.24) is 5.01 Å². The normalized spacial score (nSPS) is 15.4. The lowest BCUT2D eigenvalue weighted by Crippen LogP contribution is -2.27. The van der Waals surface area contributed by atoms with Crippen molar-refractivity contribution in [1.29, 1.82) is 0 Å². The minimum atomic E-state index is -0.275. The predicted molar refractivity (Wildman–Crippen MR) is 124 cm³/mol. The molecule has 1 aliphatic heterocycles. The molecule has 1 amide bonds. The molecule has 4 nitrogen and oxygen atoms in total. The van der Waals surface area contributed by atoms with Gasteiger partial charge in [-0.05, 0) is 23.8 Å². The highest BCUT2D eigenvalue weighted by Crippen LogP contribution is 2.25. The Morgan fingerprint density at radius 3 is 2.03 bits per heavy atom. The number of hydrogen-bond donors (Lipinski definition) is 0. The van der Waals surface area contributed by atoms with Gasteiger partial charge in [0.1, 0.15) is 5.70 Å². The lowest BCUT2D eigenvalue weighted by atomic mass is 10.2. The van der Waals surface area contributed by atoms with Gasteiger partial charge in [-0.2, -0.15) is 10.1 Å². The smallest absolute Gasteiger partial charge is 0.265 e. The molecule has 3 aromatic carbocycles. The average molecular weight is 509 g/mol. The third-order valence-corrected chi connectivity index (χ3v) is 5.73. The number of hydrazone groups is 1. The second-order valence-electron chi connectivity index (χ2n) is 6.24. The van der Waals surface area contributed by atoms with Gasteiger partial charge in [-0.25, -0.2) is 4.99 Å². The Morgan fingerprint density at radius 1 is 0.793 bits per heavy atom. The van der Waals surface area contributed by atoms with Crippen LogP contribution in [0.5, 0.6) is 0 Å². The number of aliphatic imine (C=N–C) groups is 1. The molecule has 4 rings (SSSR count). The fraction of sp³-hybridized carbons (Fsp3) is 0. The van der Waals surface area contributed by atoms with Crippen molar-refractivity contribution in [2.45, 2.75) is 0 Å². The Balaban J connectivity index is 1.76. The van der Waals surface area contributed by atoms with Gasteiger partial charge in [0.05, 0.1) is 6.21 Å². The molecule has 0 saturated heterocycles. The Bertz CT molecular complexity index is 1150. The van der Waals surface area contributed by atoms with Crippen molar-refractivity contribution in [2.24, 2.45) is 10.1 Å². The summed E-state index contributed by atoms with van der Waals surface area (Å²) in [6, 6.07) is 25.0. The molecule has 0 N–H and O–H groups in total. The quantitative estimate of drug-likeness (QED) is 0.321. The van der Waals surface area contributed by atoms with E-state index in [1.165, 1.54) is 5.01 Å². The molecule has 0 spiro atoms. The number of benzene rings is 3. The molecule has 0 unspecified atom stereocenters. The molecule has 0 fully saturated rings. The maximum atomic E-state index is 13.1. The zero-order chi connectivity index (χ0) is 20.2. The van der Waals surface area contributed by atoms with E-state index in [-0.39, 0.29) is 5.91 Å². The Morgan fingerprint density at radius 2 is 1.38 bits per heavy atom. The van der Waals surface area contributed by atoms with Crippen molar-refractivity contribution in [3.8, 4) is 0 Å². The van der Waals surface area contributed by atoms with Crippen LogP contribution >= 0.6 is 31.9 Å². The van der Waals surface area contributed by atoms with E-state index in [1.807, 2.05) is 78.9 Å². The molecule has 29 heavy (non-hydrogen) atoms. The molecule has 6 heteroatoms. The first kappa shape index (κ1) is 19.5. The summed E-state index contributed by atoms with van der Waals surface area (Å²) in [7, 11) is 0. The van der Waals surface area contributed by atoms with Gasteiger partial charge in [-0.1, -0.05) is 98.6 Å². The van der Waals surface area contributed by atoms with Crippen LogP contribution in [0.15, 0.2) is 104 Å². The number of carbonyl (C=O) groups excluding carboxylic acids is 1. The van der Waals surface area contributed by atoms with Crippen molar-refractivity contribution >= 4 is 55.9 Å². The summed E-state index contributed by atoms with van der Waals surface area (Å²) in [5, 5.41) is 5.80. The second-order valence-corrected chi connectivity index (χ2v) is 7.94. The lowest BCUT2D eigenvalue weighted by molar-refractivity contribution is -0.122. The molecule has 0 saturated carbocycles. The number of nitrogens with zero attached hydrogens (tertiary/aromatic N) is 3. The number of carbonyl (C=O) groups is 1. The zero-order valence-corrected chi connectivity index (χ0v) is 18.3. The maximum absolute atomic E-state index is 13.1. The average Bonchev–Trinajstić information content (AvgIpc) is 3.05. The summed E-state index contributed by atoms with van der Waals surface area (Å²) in [5.41, 5.74) is 2.90. The first-order valence-corrected chi connectivity index (χ1v) is 10.5. The summed E-state index contributed by atoms with van der Waals surface area (Å²) >= 11 is 7.02. The number of hydrogen-bond acceptors (Lipinski definition) is 3. The van der Waals surface area contributed by atoms with Crippen LogP contribution in [-0.2, 0) is 4.79 Å². The van der Waals surface area contributed by atoms with Gasteiger partial charge in [0.2, 0.25) is 0 Å². The summed E-state index contributed by atoms with van der Waals surface area (Å²) in [5.74, 6) is 0.222. The summed E-state index contributed by atoms with van der Waals surface area (Å²) < 4.78 is 1.80. The Kier molecular flexibility index (Phi) is 5.83. The van der Waals surface area contributed by atoms with E-state index in [0.29, 0.717) is 11.5 Å². The van der Waals surface area contributed by atoms with Crippen molar-refractivity contribution < 1.29 is 4.79 Å². The highest BCUT2D eigenvalue weighted by molar-refractivity contribution is 9.10. The van der Waals surface area contributed by atoms with Crippen LogP contribution in [0.1, 0.15) is 16.7 Å². The molecule has 0 aromatic heterocycles. The maximum Gasteiger partial charge on any atom is 0.298 e. The van der Waals surface area contributed by atoms with Crippen molar-refractivity contribution in [3.63, 3.8) is 0 Å². The number of amides is 1. The van der Waals surface area contributed by atoms with E-state index >= 15 is 0 Å². The molecule has 0 atom stereocenters. The van der Waals surface area contributed by atoms with E-state index in [4.69, 9.17) is 0 Å².